The van der Waals surface area contributed by atoms with E-state index >= 15 is 0 Å². The highest BCUT2D eigenvalue weighted by Gasteiger charge is 2.17. The van der Waals surface area contributed by atoms with E-state index in [1.54, 1.807) is 23.3 Å². The number of hydrogen-bond acceptors (Lipinski definition) is 3. The van der Waals surface area contributed by atoms with E-state index in [-0.39, 0.29) is 18.0 Å². The summed E-state index contributed by atoms with van der Waals surface area (Å²) in [7, 11) is 0. The Balaban J connectivity index is 1.69. The van der Waals surface area contributed by atoms with Crippen molar-refractivity contribution in [3.05, 3.63) is 66.0 Å². The van der Waals surface area contributed by atoms with Gasteiger partial charge in [0.15, 0.2) is 0 Å². The molecule has 0 radical (unpaired) electrons. The molecule has 6 nitrogen and oxygen atoms in total. The fraction of sp³-hybridized carbons (Fsp3) is 0.316. The van der Waals surface area contributed by atoms with Crippen LogP contribution < -0.4 is 5.32 Å². The molecule has 0 fully saturated rings. The average Bonchev–Trinajstić information content (AvgIpc) is 3.23. The van der Waals surface area contributed by atoms with Gasteiger partial charge in [-0.25, -0.2) is 9.67 Å². The Morgan fingerprint density at radius 3 is 2.44 bits per heavy atom. The highest BCUT2D eigenvalue weighted by atomic mass is 16.2. The van der Waals surface area contributed by atoms with Crippen molar-refractivity contribution in [3.8, 4) is 5.69 Å². The maximum absolute atomic E-state index is 12.4. The van der Waals surface area contributed by atoms with Gasteiger partial charge in [-0.2, -0.15) is 5.10 Å². The Labute approximate surface area is 147 Å². The Morgan fingerprint density at radius 2 is 1.88 bits per heavy atom. The highest BCUT2D eigenvalue weighted by Crippen LogP contribution is 2.18. The van der Waals surface area contributed by atoms with Gasteiger partial charge in [0.05, 0.1) is 23.8 Å². The van der Waals surface area contributed by atoms with Gasteiger partial charge in [0.1, 0.15) is 6.04 Å². The molecule has 0 spiro atoms. The van der Waals surface area contributed by atoms with E-state index in [1.165, 1.54) is 0 Å². The number of rotatable bonds is 5. The quantitative estimate of drug-likeness (QED) is 0.778. The molecule has 1 amide bonds. The molecule has 2 atom stereocenters. The van der Waals surface area contributed by atoms with Crippen molar-refractivity contribution >= 4 is 5.91 Å². The lowest BCUT2D eigenvalue weighted by atomic mass is 10.1. The molecule has 25 heavy (non-hydrogen) atoms. The van der Waals surface area contributed by atoms with E-state index in [0.717, 1.165) is 22.6 Å². The van der Waals surface area contributed by atoms with Crippen LogP contribution in [0.1, 0.15) is 42.9 Å². The van der Waals surface area contributed by atoms with Crippen molar-refractivity contribution < 1.29 is 4.79 Å². The van der Waals surface area contributed by atoms with Crippen LogP contribution in [0.3, 0.4) is 0 Å². The molecule has 1 aromatic carbocycles. The van der Waals surface area contributed by atoms with Crippen molar-refractivity contribution in [1.82, 2.24) is 24.6 Å². The minimum atomic E-state index is -0.293. The van der Waals surface area contributed by atoms with Crippen molar-refractivity contribution in [2.24, 2.45) is 0 Å². The van der Waals surface area contributed by atoms with Gasteiger partial charge in [-0.1, -0.05) is 12.1 Å². The van der Waals surface area contributed by atoms with Gasteiger partial charge in [0.2, 0.25) is 5.91 Å². The van der Waals surface area contributed by atoms with E-state index in [2.05, 4.69) is 15.4 Å². The lowest BCUT2D eigenvalue weighted by Gasteiger charge is -2.19. The standard InChI is InChI=1S/C19H23N5O/c1-13-11-14(2)24(22-13)18-7-5-17(6-8-18)15(3)21-19(25)16(4)23-10-9-20-12-23/h5-12,15-16H,1-4H3,(H,21,25)/t15-,16+/m1/s1. The molecule has 1 N–H and O–H groups in total. The normalized spacial score (nSPS) is 13.4. The third-order valence-corrected chi connectivity index (χ3v) is 4.36. The molecule has 130 valence electrons. The molecule has 0 aliphatic rings. The van der Waals surface area contributed by atoms with Crippen LogP contribution >= 0.6 is 0 Å². The largest absolute Gasteiger partial charge is 0.348 e. The molecular formula is C19H23N5O. The van der Waals surface area contributed by atoms with Crippen molar-refractivity contribution in [3.63, 3.8) is 0 Å². The fourth-order valence-corrected chi connectivity index (χ4v) is 2.85. The number of amides is 1. The van der Waals surface area contributed by atoms with Crippen LogP contribution in [-0.2, 0) is 4.79 Å². The molecule has 0 saturated heterocycles. The van der Waals surface area contributed by atoms with Gasteiger partial charge >= 0.3 is 0 Å². The number of imidazole rings is 1. The lowest BCUT2D eigenvalue weighted by Crippen LogP contribution is -2.32. The Morgan fingerprint density at radius 1 is 1.16 bits per heavy atom. The van der Waals surface area contributed by atoms with Crippen LogP contribution in [-0.4, -0.2) is 25.2 Å². The predicted octanol–water partition coefficient (Wildman–Crippen LogP) is 3.12. The summed E-state index contributed by atoms with van der Waals surface area (Å²) in [6.07, 6.45) is 5.11. The van der Waals surface area contributed by atoms with Crippen molar-refractivity contribution in [1.29, 1.82) is 0 Å². The maximum atomic E-state index is 12.4. The number of nitrogens with zero attached hydrogens (tertiary/aromatic N) is 4. The molecular weight excluding hydrogens is 314 g/mol. The summed E-state index contributed by atoms with van der Waals surface area (Å²) in [4.78, 5) is 16.4. The molecule has 0 aliphatic heterocycles. The predicted molar refractivity (Wildman–Crippen MR) is 96.5 cm³/mol. The van der Waals surface area contributed by atoms with Crippen molar-refractivity contribution in [2.45, 2.75) is 39.8 Å². The van der Waals surface area contributed by atoms with Gasteiger partial charge < -0.3 is 9.88 Å². The van der Waals surface area contributed by atoms with Crippen LogP contribution in [0.2, 0.25) is 0 Å². The third kappa shape index (κ3) is 3.63. The summed E-state index contributed by atoms with van der Waals surface area (Å²) in [5.74, 6) is -0.0341. The molecule has 0 saturated carbocycles. The summed E-state index contributed by atoms with van der Waals surface area (Å²) in [6, 6.07) is 9.78. The number of hydrogen-bond donors (Lipinski definition) is 1. The van der Waals surface area contributed by atoms with Crippen LogP contribution in [0, 0.1) is 13.8 Å². The number of benzene rings is 1. The smallest absolute Gasteiger partial charge is 0.243 e. The summed E-state index contributed by atoms with van der Waals surface area (Å²) in [5.41, 5.74) is 4.16. The number of nitrogens with one attached hydrogen (secondary N) is 1. The van der Waals surface area contributed by atoms with Crippen LogP contribution in [0.5, 0.6) is 0 Å². The van der Waals surface area contributed by atoms with E-state index in [4.69, 9.17) is 0 Å². The zero-order chi connectivity index (χ0) is 18.0. The van der Waals surface area contributed by atoms with Gasteiger partial charge in [-0.3, -0.25) is 4.79 Å². The van der Waals surface area contributed by atoms with E-state index in [0.29, 0.717) is 0 Å². The first-order valence-electron chi connectivity index (χ1n) is 8.37. The van der Waals surface area contributed by atoms with E-state index < -0.39 is 0 Å². The summed E-state index contributed by atoms with van der Waals surface area (Å²) in [5, 5.41) is 7.54. The molecule has 2 heterocycles. The number of carbonyl (C=O) groups is 1. The average molecular weight is 337 g/mol. The van der Waals surface area contributed by atoms with Crippen molar-refractivity contribution in [2.75, 3.05) is 0 Å². The molecule has 0 bridgehead atoms. The summed E-state index contributed by atoms with van der Waals surface area (Å²) < 4.78 is 3.71. The number of aromatic nitrogens is 4. The zero-order valence-corrected chi connectivity index (χ0v) is 15.0. The maximum Gasteiger partial charge on any atom is 0.243 e. The van der Waals surface area contributed by atoms with Gasteiger partial charge in [-0.15, -0.1) is 0 Å². The second-order valence-electron chi connectivity index (χ2n) is 6.35. The third-order valence-electron chi connectivity index (χ3n) is 4.36. The number of aryl methyl sites for hydroxylation is 2. The molecule has 0 aliphatic carbocycles. The van der Waals surface area contributed by atoms with E-state index in [9.17, 15) is 4.79 Å². The van der Waals surface area contributed by atoms with Gasteiger partial charge in [0, 0.05) is 18.1 Å². The minimum Gasteiger partial charge on any atom is -0.348 e. The molecule has 3 aromatic rings. The first-order valence-corrected chi connectivity index (χ1v) is 8.37. The lowest BCUT2D eigenvalue weighted by molar-refractivity contribution is -0.124. The fourth-order valence-electron chi connectivity index (χ4n) is 2.85. The highest BCUT2D eigenvalue weighted by molar-refractivity contribution is 5.80. The van der Waals surface area contributed by atoms with Crippen LogP contribution in [0.25, 0.3) is 5.69 Å². The van der Waals surface area contributed by atoms with Crippen LogP contribution in [0.15, 0.2) is 49.1 Å². The molecule has 6 heteroatoms. The number of carbonyl (C=O) groups excluding carboxylic acids is 1. The monoisotopic (exact) mass is 337 g/mol. The van der Waals surface area contributed by atoms with Gasteiger partial charge in [0.25, 0.3) is 0 Å². The molecule has 0 unspecified atom stereocenters. The first-order chi connectivity index (χ1) is 12.0. The summed E-state index contributed by atoms with van der Waals surface area (Å²) in [6.45, 7) is 7.86. The Hall–Kier alpha value is -2.89. The van der Waals surface area contributed by atoms with Gasteiger partial charge in [-0.05, 0) is 51.5 Å². The molecule has 3 rings (SSSR count). The van der Waals surface area contributed by atoms with E-state index in [1.807, 2.05) is 62.7 Å². The first kappa shape index (κ1) is 17.0. The minimum absolute atomic E-state index is 0.0341. The van der Waals surface area contributed by atoms with Crippen LogP contribution in [0.4, 0.5) is 0 Å². The second kappa shape index (κ2) is 6.93. The SMILES string of the molecule is Cc1cc(C)n(-c2ccc([C@@H](C)NC(=O)[C@H](C)n3ccnc3)cc2)n1. The topological polar surface area (TPSA) is 64.7 Å². The second-order valence-corrected chi connectivity index (χ2v) is 6.35. The Kier molecular flexibility index (Phi) is 4.70. The summed E-state index contributed by atoms with van der Waals surface area (Å²) >= 11 is 0. The molecule has 2 aromatic heterocycles. The Bertz CT molecular complexity index is 849. The zero-order valence-electron chi connectivity index (χ0n) is 15.0.